The minimum atomic E-state index is -0.364. The standard InChI is InChI=1S/C10H11NO2.C7H12O3/c1-8(2)10(12)13-7-9-3-5-11-6-4-9;1-6(2)7(8)10-5-4-9-3/h3-6H,1,7H2,2H3;1,4-5H2,2-3H3. The van der Waals surface area contributed by atoms with Crippen molar-refractivity contribution >= 4 is 11.9 Å². The van der Waals surface area contributed by atoms with Crippen molar-refractivity contribution < 1.29 is 23.8 Å². The number of pyridine rings is 1. The zero-order valence-corrected chi connectivity index (χ0v) is 13.8. The van der Waals surface area contributed by atoms with Crippen molar-refractivity contribution in [1.29, 1.82) is 0 Å². The second kappa shape index (κ2) is 12.1. The molecule has 0 bridgehead atoms. The maximum Gasteiger partial charge on any atom is 0.333 e. The van der Waals surface area contributed by atoms with Gasteiger partial charge in [0.05, 0.1) is 6.61 Å². The first kappa shape index (κ1) is 20.5. The lowest BCUT2D eigenvalue weighted by atomic mass is 10.3. The number of carbonyl (C=O) groups is 2. The molecule has 0 amide bonds. The van der Waals surface area contributed by atoms with Gasteiger partial charge in [-0.2, -0.15) is 0 Å². The molecule has 6 nitrogen and oxygen atoms in total. The largest absolute Gasteiger partial charge is 0.460 e. The molecule has 0 radical (unpaired) electrons. The average Bonchev–Trinajstić information content (AvgIpc) is 2.54. The van der Waals surface area contributed by atoms with Crippen LogP contribution in [0.2, 0.25) is 0 Å². The first-order valence-electron chi connectivity index (χ1n) is 6.91. The highest BCUT2D eigenvalue weighted by molar-refractivity contribution is 5.87. The van der Waals surface area contributed by atoms with Crippen LogP contribution in [-0.2, 0) is 30.4 Å². The number of rotatable bonds is 7. The summed E-state index contributed by atoms with van der Waals surface area (Å²) in [6.07, 6.45) is 3.31. The van der Waals surface area contributed by atoms with Crippen molar-refractivity contribution in [1.82, 2.24) is 4.98 Å². The van der Waals surface area contributed by atoms with Gasteiger partial charge in [0.25, 0.3) is 0 Å². The molecule has 0 aliphatic rings. The molecule has 1 aromatic heterocycles. The lowest BCUT2D eigenvalue weighted by Gasteiger charge is -2.03. The Bertz CT molecular complexity index is 525. The third-order valence-electron chi connectivity index (χ3n) is 2.34. The number of nitrogens with zero attached hydrogens (tertiary/aromatic N) is 1. The van der Waals surface area contributed by atoms with E-state index in [9.17, 15) is 9.59 Å². The Hall–Kier alpha value is -2.47. The highest BCUT2D eigenvalue weighted by Gasteiger charge is 2.02. The minimum Gasteiger partial charge on any atom is -0.460 e. The second-order valence-electron chi connectivity index (χ2n) is 4.62. The highest BCUT2D eigenvalue weighted by Crippen LogP contribution is 2.01. The molecule has 6 heteroatoms. The molecule has 0 N–H and O–H groups in total. The predicted octanol–water partition coefficient (Wildman–Crippen LogP) is 2.45. The minimum absolute atomic E-state index is 0.272. The first-order chi connectivity index (χ1) is 10.9. The van der Waals surface area contributed by atoms with E-state index < -0.39 is 0 Å². The van der Waals surface area contributed by atoms with Gasteiger partial charge in [-0.3, -0.25) is 4.98 Å². The maximum absolute atomic E-state index is 11.0. The number of aromatic nitrogens is 1. The number of ether oxygens (including phenoxy) is 3. The molecule has 0 fully saturated rings. The number of carbonyl (C=O) groups excluding carboxylic acids is 2. The third kappa shape index (κ3) is 10.8. The van der Waals surface area contributed by atoms with Crippen LogP contribution in [0.25, 0.3) is 0 Å². The smallest absolute Gasteiger partial charge is 0.333 e. The van der Waals surface area contributed by atoms with E-state index in [1.54, 1.807) is 45.5 Å². The van der Waals surface area contributed by atoms with Crippen LogP contribution in [0.4, 0.5) is 0 Å². The van der Waals surface area contributed by atoms with E-state index in [4.69, 9.17) is 4.74 Å². The second-order valence-corrected chi connectivity index (χ2v) is 4.62. The fourth-order valence-electron chi connectivity index (χ4n) is 1.09. The van der Waals surface area contributed by atoms with Gasteiger partial charge in [-0.05, 0) is 31.5 Å². The van der Waals surface area contributed by atoms with Crippen molar-refractivity contribution in [3.63, 3.8) is 0 Å². The summed E-state index contributed by atoms with van der Waals surface area (Å²) >= 11 is 0. The van der Waals surface area contributed by atoms with E-state index in [-0.39, 0.29) is 18.5 Å². The van der Waals surface area contributed by atoms with Gasteiger partial charge < -0.3 is 14.2 Å². The van der Waals surface area contributed by atoms with Crippen LogP contribution < -0.4 is 0 Å². The maximum atomic E-state index is 11.0. The van der Waals surface area contributed by atoms with Gasteiger partial charge in [-0.25, -0.2) is 9.59 Å². The van der Waals surface area contributed by atoms with Gasteiger partial charge in [0.1, 0.15) is 13.2 Å². The molecule has 1 heterocycles. The number of hydrogen-bond donors (Lipinski definition) is 0. The number of esters is 2. The SMILES string of the molecule is C=C(C)C(=O)OCCOC.C=C(C)C(=O)OCc1ccncc1. The van der Waals surface area contributed by atoms with Crippen LogP contribution in [0.15, 0.2) is 48.8 Å². The summed E-state index contributed by atoms with van der Waals surface area (Å²) in [6.45, 7) is 11.1. The Morgan fingerprint density at radius 3 is 2.00 bits per heavy atom. The molecular weight excluding hydrogens is 298 g/mol. The molecule has 1 rings (SSSR count). The van der Waals surface area contributed by atoms with E-state index in [2.05, 4.69) is 27.6 Å². The van der Waals surface area contributed by atoms with Gasteiger partial charge in [0, 0.05) is 30.6 Å². The zero-order valence-electron chi connectivity index (χ0n) is 13.8. The van der Waals surface area contributed by atoms with Crippen LogP contribution in [0.5, 0.6) is 0 Å². The normalized spacial score (nSPS) is 9.17. The Kier molecular flexibility index (Phi) is 10.8. The molecule has 126 valence electrons. The quantitative estimate of drug-likeness (QED) is 0.436. The lowest BCUT2D eigenvalue weighted by Crippen LogP contribution is -2.09. The van der Waals surface area contributed by atoms with Gasteiger partial charge >= 0.3 is 11.9 Å². The molecule has 0 aliphatic carbocycles. The van der Waals surface area contributed by atoms with Crippen LogP contribution >= 0.6 is 0 Å². The fraction of sp³-hybridized carbons (Fsp3) is 0.353. The zero-order chi connectivity index (χ0) is 17.7. The lowest BCUT2D eigenvalue weighted by molar-refractivity contribution is -0.141. The van der Waals surface area contributed by atoms with Crippen molar-refractivity contribution in [2.75, 3.05) is 20.3 Å². The third-order valence-corrected chi connectivity index (χ3v) is 2.34. The van der Waals surface area contributed by atoms with E-state index in [1.807, 2.05) is 0 Å². The van der Waals surface area contributed by atoms with Crippen LogP contribution in [0.1, 0.15) is 19.4 Å². The Morgan fingerprint density at radius 1 is 1.00 bits per heavy atom. The summed E-state index contributed by atoms with van der Waals surface area (Å²) < 4.78 is 14.3. The molecule has 1 aromatic rings. The van der Waals surface area contributed by atoms with Crippen molar-refractivity contribution in [3.05, 3.63) is 54.4 Å². The van der Waals surface area contributed by atoms with Gasteiger partial charge in [-0.1, -0.05) is 13.2 Å². The summed E-state index contributed by atoms with van der Waals surface area (Å²) in [6, 6.07) is 3.59. The molecule has 0 unspecified atom stereocenters. The van der Waals surface area contributed by atoms with Gasteiger partial charge in [-0.15, -0.1) is 0 Å². The average molecular weight is 321 g/mol. The van der Waals surface area contributed by atoms with Crippen LogP contribution in [-0.4, -0.2) is 37.2 Å². The molecule has 0 aliphatic heterocycles. The van der Waals surface area contributed by atoms with Crippen molar-refractivity contribution in [3.8, 4) is 0 Å². The summed E-state index contributed by atoms with van der Waals surface area (Å²) in [7, 11) is 1.55. The summed E-state index contributed by atoms with van der Waals surface area (Å²) in [5.41, 5.74) is 1.75. The van der Waals surface area contributed by atoms with Gasteiger partial charge in [0.15, 0.2) is 0 Å². The summed E-state index contributed by atoms with van der Waals surface area (Å²) in [4.78, 5) is 25.5. The number of hydrogen-bond acceptors (Lipinski definition) is 6. The first-order valence-corrected chi connectivity index (χ1v) is 6.91. The fourth-order valence-corrected chi connectivity index (χ4v) is 1.09. The Labute approximate surface area is 136 Å². The summed E-state index contributed by atoms with van der Waals surface area (Å²) in [5, 5.41) is 0. The van der Waals surface area contributed by atoms with Crippen molar-refractivity contribution in [2.45, 2.75) is 20.5 Å². The molecular formula is C17H23NO5. The predicted molar refractivity (Wildman–Crippen MR) is 86.5 cm³/mol. The van der Waals surface area contributed by atoms with E-state index >= 15 is 0 Å². The highest BCUT2D eigenvalue weighted by atomic mass is 16.6. The molecule has 0 spiro atoms. The summed E-state index contributed by atoms with van der Waals surface area (Å²) in [5.74, 6) is -0.728. The van der Waals surface area contributed by atoms with E-state index in [0.717, 1.165) is 5.56 Å². The van der Waals surface area contributed by atoms with Crippen LogP contribution in [0, 0.1) is 0 Å². The topological polar surface area (TPSA) is 74.7 Å². The Morgan fingerprint density at radius 2 is 1.52 bits per heavy atom. The molecule has 0 saturated heterocycles. The van der Waals surface area contributed by atoms with Gasteiger partial charge in [0.2, 0.25) is 0 Å². The van der Waals surface area contributed by atoms with E-state index in [0.29, 0.717) is 24.4 Å². The molecule has 0 aromatic carbocycles. The van der Waals surface area contributed by atoms with Crippen molar-refractivity contribution in [2.24, 2.45) is 0 Å². The Balaban J connectivity index is 0.000000438. The molecule has 0 saturated carbocycles. The number of methoxy groups -OCH3 is 1. The van der Waals surface area contributed by atoms with E-state index in [1.165, 1.54) is 0 Å². The molecule has 0 atom stereocenters. The van der Waals surface area contributed by atoms with Crippen LogP contribution in [0.3, 0.4) is 0 Å². The molecule has 23 heavy (non-hydrogen) atoms. The monoisotopic (exact) mass is 321 g/mol.